The first-order valence-electron chi connectivity index (χ1n) is 7.66. The fourth-order valence-electron chi connectivity index (χ4n) is 3.12. The van der Waals surface area contributed by atoms with Crippen molar-refractivity contribution in [3.05, 3.63) is 29.0 Å². The maximum atomic E-state index is 6.04. The monoisotopic (exact) mass is 307 g/mol. The molecule has 1 saturated heterocycles. The Kier molecular flexibility index (Phi) is 4.78. The fourth-order valence-corrected chi connectivity index (χ4v) is 3.30. The van der Waals surface area contributed by atoms with E-state index < -0.39 is 0 Å². The third-order valence-corrected chi connectivity index (χ3v) is 4.42. The van der Waals surface area contributed by atoms with Crippen LogP contribution < -0.4 is 0 Å². The van der Waals surface area contributed by atoms with Crippen LogP contribution in [0.3, 0.4) is 0 Å². The molecule has 1 N–H and O–H groups in total. The molecule has 1 aromatic heterocycles. The lowest BCUT2D eigenvalue weighted by molar-refractivity contribution is 0.180. The summed E-state index contributed by atoms with van der Waals surface area (Å²) < 4.78 is 5.12. The summed E-state index contributed by atoms with van der Waals surface area (Å²) in [6.45, 7) is 3.13. The number of rotatable bonds is 6. The van der Waals surface area contributed by atoms with Gasteiger partial charge in [0.1, 0.15) is 5.82 Å². The van der Waals surface area contributed by atoms with Crippen molar-refractivity contribution in [3.63, 3.8) is 0 Å². The number of ether oxygens (including phenoxy) is 1. The third-order valence-electron chi connectivity index (χ3n) is 4.19. The van der Waals surface area contributed by atoms with Gasteiger partial charge in [-0.3, -0.25) is 4.90 Å². The molecule has 1 aliphatic rings. The van der Waals surface area contributed by atoms with E-state index in [0.29, 0.717) is 6.04 Å². The molecule has 0 saturated carbocycles. The van der Waals surface area contributed by atoms with Crippen molar-refractivity contribution in [1.82, 2.24) is 14.9 Å². The van der Waals surface area contributed by atoms with Gasteiger partial charge in [0.25, 0.3) is 0 Å². The number of halogens is 1. The van der Waals surface area contributed by atoms with Crippen LogP contribution in [0.5, 0.6) is 0 Å². The van der Waals surface area contributed by atoms with Crippen LogP contribution in [0.15, 0.2) is 18.2 Å². The molecule has 1 atom stereocenters. The van der Waals surface area contributed by atoms with Crippen molar-refractivity contribution in [2.24, 2.45) is 0 Å². The van der Waals surface area contributed by atoms with E-state index in [4.69, 9.17) is 21.3 Å². The first-order valence-corrected chi connectivity index (χ1v) is 8.04. The van der Waals surface area contributed by atoms with Crippen molar-refractivity contribution in [1.29, 1.82) is 0 Å². The van der Waals surface area contributed by atoms with Crippen LogP contribution in [-0.4, -0.2) is 41.7 Å². The molecule has 1 aromatic carbocycles. The number of aromatic nitrogens is 2. The molecular formula is C16H22ClN3O. The van der Waals surface area contributed by atoms with E-state index in [0.717, 1.165) is 48.0 Å². The van der Waals surface area contributed by atoms with Gasteiger partial charge >= 0.3 is 0 Å². The largest absolute Gasteiger partial charge is 0.385 e. The summed E-state index contributed by atoms with van der Waals surface area (Å²) in [4.78, 5) is 10.7. The molecule has 0 bridgehead atoms. The van der Waals surface area contributed by atoms with Gasteiger partial charge in [-0.25, -0.2) is 4.98 Å². The Bertz CT molecular complexity index is 598. The van der Waals surface area contributed by atoms with Gasteiger partial charge in [0, 0.05) is 18.7 Å². The third kappa shape index (κ3) is 3.39. The lowest BCUT2D eigenvalue weighted by atomic mass is 10.2. The van der Waals surface area contributed by atoms with E-state index >= 15 is 0 Å². The Hall–Kier alpha value is -1.10. The molecule has 4 nitrogen and oxygen atoms in total. The number of unbranched alkanes of at least 4 members (excludes halogenated alkanes) is 1. The molecule has 0 spiro atoms. The minimum Gasteiger partial charge on any atom is -0.385 e. The zero-order valence-corrected chi connectivity index (χ0v) is 13.2. The van der Waals surface area contributed by atoms with Crippen LogP contribution in [-0.2, 0) is 4.74 Å². The highest BCUT2D eigenvalue weighted by Crippen LogP contribution is 2.31. The number of methoxy groups -OCH3 is 1. The van der Waals surface area contributed by atoms with Gasteiger partial charge in [0.15, 0.2) is 0 Å². The second-order valence-electron chi connectivity index (χ2n) is 5.68. The van der Waals surface area contributed by atoms with E-state index in [1.54, 1.807) is 7.11 Å². The van der Waals surface area contributed by atoms with Crippen LogP contribution >= 0.6 is 11.6 Å². The zero-order valence-electron chi connectivity index (χ0n) is 12.4. The summed E-state index contributed by atoms with van der Waals surface area (Å²) in [6.07, 6.45) is 4.72. The first kappa shape index (κ1) is 14.8. The summed E-state index contributed by atoms with van der Waals surface area (Å²) in [7, 11) is 1.76. The van der Waals surface area contributed by atoms with Crippen LogP contribution in [0, 0.1) is 0 Å². The van der Waals surface area contributed by atoms with E-state index in [1.807, 2.05) is 18.2 Å². The predicted molar refractivity (Wildman–Crippen MR) is 85.8 cm³/mol. The van der Waals surface area contributed by atoms with Crippen LogP contribution in [0.1, 0.15) is 37.5 Å². The molecule has 5 heteroatoms. The lowest BCUT2D eigenvalue weighted by Crippen LogP contribution is -2.25. The molecule has 114 valence electrons. The molecule has 2 heterocycles. The number of nitrogens with zero attached hydrogens (tertiary/aromatic N) is 2. The Morgan fingerprint density at radius 3 is 3.19 bits per heavy atom. The number of nitrogens with one attached hydrogen (secondary N) is 1. The van der Waals surface area contributed by atoms with Crippen molar-refractivity contribution in [2.45, 2.75) is 31.7 Å². The predicted octanol–water partition coefficient (Wildman–Crippen LogP) is 3.78. The van der Waals surface area contributed by atoms with Gasteiger partial charge < -0.3 is 9.72 Å². The number of aromatic amines is 1. The molecule has 2 aromatic rings. The maximum absolute atomic E-state index is 6.04. The SMILES string of the molecule is COCCCCN1CCC[C@H]1c1nc2ccc(Cl)cc2[nH]1. The van der Waals surface area contributed by atoms with Crippen LogP contribution in [0.2, 0.25) is 5.02 Å². The smallest absolute Gasteiger partial charge is 0.124 e. The molecule has 3 rings (SSSR count). The summed E-state index contributed by atoms with van der Waals surface area (Å²) in [6, 6.07) is 6.24. The molecule has 0 unspecified atom stereocenters. The molecule has 0 aliphatic carbocycles. The number of hydrogen-bond donors (Lipinski definition) is 1. The minimum absolute atomic E-state index is 0.415. The number of hydrogen-bond acceptors (Lipinski definition) is 3. The van der Waals surface area contributed by atoms with E-state index in [2.05, 4.69) is 9.88 Å². The quantitative estimate of drug-likeness (QED) is 0.826. The van der Waals surface area contributed by atoms with Crippen LogP contribution in [0.25, 0.3) is 11.0 Å². The topological polar surface area (TPSA) is 41.1 Å². The van der Waals surface area contributed by atoms with Crippen molar-refractivity contribution in [2.75, 3.05) is 26.8 Å². The van der Waals surface area contributed by atoms with Gasteiger partial charge in [-0.05, 0) is 57.0 Å². The van der Waals surface area contributed by atoms with Gasteiger partial charge in [-0.1, -0.05) is 11.6 Å². The number of H-pyrrole nitrogens is 1. The molecule has 0 amide bonds. The Morgan fingerprint density at radius 2 is 2.33 bits per heavy atom. The highest BCUT2D eigenvalue weighted by Gasteiger charge is 2.27. The maximum Gasteiger partial charge on any atom is 0.124 e. The lowest BCUT2D eigenvalue weighted by Gasteiger charge is -2.22. The average molecular weight is 308 g/mol. The van der Waals surface area contributed by atoms with E-state index in [9.17, 15) is 0 Å². The molecular weight excluding hydrogens is 286 g/mol. The number of likely N-dealkylation sites (tertiary alicyclic amines) is 1. The highest BCUT2D eigenvalue weighted by atomic mass is 35.5. The number of benzene rings is 1. The normalized spacial score (nSPS) is 19.6. The number of imidazole rings is 1. The fraction of sp³-hybridized carbons (Fsp3) is 0.562. The van der Waals surface area contributed by atoms with Gasteiger partial charge in [-0.2, -0.15) is 0 Å². The number of fused-ring (bicyclic) bond motifs is 1. The summed E-state index contributed by atoms with van der Waals surface area (Å²) in [5.74, 6) is 1.08. The first-order chi connectivity index (χ1) is 10.3. The van der Waals surface area contributed by atoms with E-state index in [-0.39, 0.29) is 0 Å². The van der Waals surface area contributed by atoms with Gasteiger partial charge in [0.2, 0.25) is 0 Å². The average Bonchev–Trinajstić information content (AvgIpc) is 3.08. The van der Waals surface area contributed by atoms with Gasteiger partial charge in [0.05, 0.1) is 17.1 Å². The Labute approximate surface area is 130 Å². The highest BCUT2D eigenvalue weighted by molar-refractivity contribution is 6.31. The summed E-state index contributed by atoms with van der Waals surface area (Å²) in [5.41, 5.74) is 2.03. The van der Waals surface area contributed by atoms with Crippen LogP contribution in [0.4, 0.5) is 0 Å². The van der Waals surface area contributed by atoms with E-state index in [1.165, 1.54) is 19.3 Å². The molecule has 0 radical (unpaired) electrons. The molecule has 1 fully saturated rings. The molecule has 21 heavy (non-hydrogen) atoms. The summed E-state index contributed by atoms with van der Waals surface area (Å²) >= 11 is 6.04. The molecule has 1 aliphatic heterocycles. The van der Waals surface area contributed by atoms with Crippen molar-refractivity contribution in [3.8, 4) is 0 Å². The van der Waals surface area contributed by atoms with Crippen molar-refractivity contribution >= 4 is 22.6 Å². The zero-order chi connectivity index (χ0) is 14.7. The van der Waals surface area contributed by atoms with Crippen molar-refractivity contribution < 1.29 is 4.74 Å². The Balaban J connectivity index is 1.70. The second-order valence-corrected chi connectivity index (χ2v) is 6.11. The standard InChI is InChI=1S/C16H22ClN3O/c1-21-10-3-2-8-20-9-4-5-15(20)16-18-13-7-6-12(17)11-14(13)19-16/h6-7,11,15H,2-5,8-10H2,1H3,(H,18,19)/t15-/m0/s1. The second kappa shape index (κ2) is 6.77. The Morgan fingerprint density at radius 1 is 1.43 bits per heavy atom. The summed E-state index contributed by atoms with van der Waals surface area (Å²) in [5, 5.41) is 0.751. The minimum atomic E-state index is 0.415. The van der Waals surface area contributed by atoms with Gasteiger partial charge in [-0.15, -0.1) is 0 Å².